The normalized spacial score (nSPS) is 13.3. The SMILES string of the molecule is CC1(C)c2cc3c(cc2C(C)(C)c2cc4c(cc21)-c1cc(N(c2ccccc2)c2ccccc2)cc2cc(N(c5ccccc5)c5ccccc5)cc-4c12)-c1cc(N(c2ccccc2)c2ccccc2)cc2cc(N(c4ccccc4)c4ccccc4)cc-3c12. The van der Waals surface area contributed by atoms with Gasteiger partial charge in [-0.3, -0.25) is 0 Å². The predicted octanol–water partition coefficient (Wildman–Crippen LogP) is 24.1. The van der Waals surface area contributed by atoms with E-state index in [2.05, 4.69) is 363 Å². The number of benzene rings is 14. The summed E-state index contributed by atoms with van der Waals surface area (Å²) >= 11 is 0. The molecule has 4 heteroatoms. The highest BCUT2D eigenvalue weighted by atomic mass is 15.2. The minimum absolute atomic E-state index is 0.396. The smallest absolute Gasteiger partial charge is 0.0474 e. The number of para-hydroxylation sites is 8. The van der Waals surface area contributed by atoms with Crippen LogP contribution >= 0.6 is 0 Å². The zero-order valence-electron chi connectivity index (χ0n) is 50.8. The van der Waals surface area contributed by atoms with Gasteiger partial charge in [0.1, 0.15) is 0 Å². The molecule has 0 amide bonds. The second-order valence-electron chi connectivity index (χ2n) is 25.3. The quantitative estimate of drug-likeness (QED) is 0.121. The first kappa shape index (κ1) is 53.1. The third-order valence-electron chi connectivity index (χ3n) is 19.4. The van der Waals surface area contributed by atoms with E-state index in [0.29, 0.717) is 0 Å². The maximum absolute atomic E-state index is 2.60. The van der Waals surface area contributed by atoms with Crippen molar-refractivity contribution in [2.75, 3.05) is 19.6 Å². The Bertz CT molecular complexity index is 4300. The Morgan fingerprint density at radius 2 is 0.344 bits per heavy atom. The van der Waals surface area contributed by atoms with Gasteiger partial charge in [-0.15, -0.1) is 0 Å². The molecule has 0 radical (unpaired) electrons. The van der Waals surface area contributed by atoms with E-state index in [9.17, 15) is 0 Å². The Kier molecular flexibility index (Phi) is 12.2. The van der Waals surface area contributed by atoms with Crippen LogP contribution in [0.4, 0.5) is 68.2 Å². The van der Waals surface area contributed by atoms with Crippen molar-refractivity contribution in [3.63, 3.8) is 0 Å². The molecule has 0 spiro atoms. The molecule has 0 saturated carbocycles. The van der Waals surface area contributed by atoms with E-state index in [4.69, 9.17) is 0 Å². The van der Waals surface area contributed by atoms with E-state index in [1.807, 2.05) is 0 Å². The van der Waals surface area contributed by atoms with Crippen LogP contribution in [0.25, 0.3) is 66.1 Å². The molecule has 14 aromatic carbocycles. The average molecular weight is 1150 g/mol. The van der Waals surface area contributed by atoms with Gasteiger partial charge in [0.25, 0.3) is 0 Å². The van der Waals surface area contributed by atoms with Crippen LogP contribution in [0, 0.1) is 0 Å². The van der Waals surface area contributed by atoms with Crippen molar-refractivity contribution in [3.8, 4) is 44.5 Å². The van der Waals surface area contributed by atoms with Crippen molar-refractivity contribution in [1.82, 2.24) is 0 Å². The number of rotatable bonds is 12. The van der Waals surface area contributed by atoms with Gasteiger partial charge < -0.3 is 19.6 Å². The molecular weight excluding hydrogens is 1090 g/mol. The van der Waals surface area contributed by atoms with E-state index in [0.717, 1.165) is 68.2 Å². The van der Waals surface area contributed by atoms with Crippen molar-refractivity contribution >= 4 is 89.8 Å². The van der Waals surface area contributed by atoms with Gasteiger partial charge in [-0.2, -0.15) is 0 Å². The highest BCUT2D eigenvalue weighted by molar-refractivity contribution is 6.20. The van der Waals surface area contributed by atoms with Gasteiger partial charge in [0.05, 0.1) is 0 Å². The Balaban J connectivity index is 0.895. The zero-order valence-corrected chi connectivity index (χ0v) is 50.8. The fraction of sp³-hybridized carbons (Fsp3) is 0.0698. The largest absolute Gasteiger partial charge is 0.310 e. The van der Waals surface area contributed by atoms with Gasteiger partial charge in [0, 0.05) is 79.1 Å². The zero-order chi connectivity index (χ0) is 60.2. The van der Waals surface area contributed by atoms with Gasteiger partial charge in [-0.1, -0.05) is 173 Å². The monoisotopic (exact) mass is 1150 g/mol. The molecule has 0 aliphatic heterocycles. The third-order valence-corrected chi connectivity index (χ3v) is 19.4. The van der Waals surface area contributed by atoms with Crippen LogP contribution in [0.3, 0.4) is 0 Å². The lowest BCUT2D eigenvalue weighted by atomic mass is 9.59. The number of hydrogen-bond donors (Lipinski definition) is 0. The van der Waals surface area contributed by atoms with Crippen LogP contribution in [-0.2, 0) is 10.8 Å². The Morgan fingerprint density at radius 3 is 0.511 bits per heavy atom. The van der Waals surface area contributed by atoms with Gasteiger partial charge in [-0.05, 0) is 258 Å². The van der Waals surface area contributed by atoms with E-state index in [1.54, 1.807) is 0 Å². The summed E-state index contributed by atoms with van der Waals surface area (Å²) in [4.78, 5) is 9.67. The third kappa shape index (κ3) is 8.43. The molecule has 90 heavy (non-hydrogen) atoms. The van der Waals surface area contributed by atoms with Crippen LogP contribution in [0.2, 0.25) is 0 Å². The summed E-state index contributed by atoms with van der Waals surface area (Å²) in [6.07, 6.45) is 0. The number of nitrogens with zero attached hydrogens (tertiary/aromatic N) is 4. The van der Waals surface area contributed by atoms with Crippen LogP contribution in [0.1, 0.15) is 49.9 Å². The fourth-order valence-electron chi connectivity index (χ4n) is 15.2. The second-order valence-corrected chi connectivity index (χ2v) is 25.3. The molecule has 3 aliphatic rings. The van der Waals surface area contributed by atoms with E-state index in [1.165, 1.54) is 88.3 Å². The first-order valence-electron chi connectivity index (χ1n) is 31.4. The van der Waals surface area contributed by atoms with E-state index >= 15 is 0 Å². The number of anilines is 12. The van der Waals surface area contributed by atoms with Crippen molar-refractivity contribution < 1.29 is 0 Å². The van der Waals surface area contributed by atoms with Gasteiger partial charge in [-0.25, -0.2) is 0 Å². The van der Waals surface area contributed by atoms with Crippen LogP contribution in [0.5, 0.6) is 0 Å². The molecule has 14 aromatic rings. The summed E-state index contributed by atoms with van der Waals surface area (Å²) in [7, 11) is 0. The highest BCUT2D eigenvalue weighted by Crippen LogP contribution is 2.61. The predicted molar refractivity (Wildman–Crippen MR) is 380 cm³/mol. The Morgan fingerprint density at radius 1 is 0.178 bits per heavy atom. The molecular formula is C86H64N4. The highest BCUT2D eigenvalue weighted by Gasteiger charge is 2.45. The number of fused-ring (bicyclic) bond motifs is 8. The van der Waals surface area contributed by atoms with E-state index in [-0.39, 0.29) is 0 Å². The van der Waals surface area contributed by atoms with Crippen molar-refractivity contribution in [2.24, 2.45) is 0 Å². The summed E-state index contributed by atoms with van der Waals surface area (Å²) in [5.41, 5.74) is 28.1. The molecule has 0 saturated heterocycles. The maximum atomic E-state index is 2.60. The van der Waals surface area contributed by atoms with Gasteiger partial charge >= 0.3 is 0 Å². The molecule has 4 nitrogen and oxygen atoms in total. The molecule has 0 unspecified atom stereocenters. The maximum Gasteiger partial charge on any atom is 0.0474 e. The molecule has 0 atom stereocenters. The molecule has 428 valence electrons. The first-order valence-corrected chi connectivity index (χ1v) is 31.4. The summed E-state index contributed by atoms with van der Waals surface area (Å²) in [5, 5.41) is 4.95. The van der Waals surface area contributed by atoms with Crippen molar-refractivity contribution in [1.29, 1.82) is 0 Å². The molecule has 3 aliphatic carbocycles. The Labute approximate surface area is 527 Å². The second kappa shape index (κ2) is 20.7. The van der Waals surface area contributed by atoms with Crippen LogP contribution < -0.4 is 19.6 Å². The van der Waals surface area contributed by atoms with E-state index < -0.39 is 10.8 Å². The standard InChI is InChI=1S/C86H64N4/c1-85(2)79-53-71-73(77-51-69(89(63-37-21-9-22-38-63)64-39-23-10-24-40-64)47-57-45-67(49-75(71)83(57)77)87(59-29-13-5-14-30-59)60-31-15-6-16-32-60)55-81(79)86(3,4)82-56-74-72(54-80(82)85)76-50-68(88(61-33-17-7-18-34-61)62-35-19-8-20-36-62)46-58-48-70(52-78(74)84(58)76)90(65-41-25-11-26-42-65)66-43-27-12-28-44-66/h5-56H,1-4H3. The lowest BCUT2D eigenvalue weighted by Crippen LogP contribution is -2.36. The fourth-order valence-corrected chi connectivity index (χ4v) is 15.2. The summed E-state index contributed by atoms with van der Waals surface area (Å²) in [5.74, 6) is 0. The minimum Gasteiger partial charge on any atom is -0.310 e. The summed E-state index contributed by atoms with van der Waals surface area (Å²) < 4.78 is 0. The topological polar surface area (TPSA) is 13.0 Å². The first-order chi connectivity index (χ1) is 44.2. The summed E-state index contributed by atoms with van der Waals surface area (Å²) in [6, 6.07) is 117. The minimum atomic E-state index is -0.396. The number of hydrogen-bond acceptors (Lipinski definition) is 4. The molecule has 0 N–H and O–H groups in total. The lowest BCUT2D eigenvalue weighted by molar-refractivity contribution is 0.521. The molecule has 0 aromatic heterocycles. The molecule has 0 heterocycles. The lowest BCUT2D eigenvalue weighted by Gasteiger charge is -2.45. The molecule has 0 fully saturated rings. The van der Waals surface area contributed by atoms with Gasteiger partial charge in [0.15, 0.2) is 0 Å². The Hall–Kier alpha value is -11.2. The van der Waals surface area contributed by atoms with Crippen LogP contribution in [0.15, 0.2) is 315 Å². The molecule has 0 bridgehead atoms. The van der Waals surface area contributed by atoms with Crippen LogP contribution in [-0.4, -0.2) is 0 Å². The molecule has 17 rings (SSSR count). The summed E-state index contributed by atoms with van der Waals surface area (Å²) in [6.45, 7) is 9.91. The van der Waals surface area contributed by atoms with Gasteiger partial charge in [0.2, 0.25) is 0 Å². The van der Waals surface area contributed by atoms with Crippen molar-refractivity contribution in [3.05, 3.63) is 338 Å². The average Bonchev–Trinajstić information content (AvgIpc) is 1.41. The van der Waals surface area contributed by atoms with Crippen molar-refractivity contribution in [2.45, 2.75) is 38.5 Å².